The van der Waals surface area contributed by atoms with Crippen LogP contribution in [0.5, 0.6) is 0 Å². The minimum absolute atomic E-state index is 0.124. The topological polar surface area (TPSA) is 78.9 Å². The van der Waals surface area contributed by atoms with Crippen molar-refractivity contribution in [2.75, 3.05) is 13.2 Å². The van der Waals surface area contributed by atoms with E-state index < -0.39 is 6.10 Å². The maximum atomic E-state index is 12.8. The Morgan fingerprint density at radius 2 is 0.521 bits per heavy atom. The highest BCUT2D eigenvalue weighted by Crippen LogP contribution is 2.12. The number of carbonyl (C=O) groups excluding carboxylic acids is 3. The summed E-state index contributed by atoms with van der Waals surface area (Å²) >= 11 is 0. The van der Waals surface area contributed by atoms with Crippen molar-refractivity contribution < 1.29 is 28.6 Å². The van der Waals surface area contributed by atoms with Gasteiger partial charge in [-0.2, -0.15) is 0 Å². The SMILES string of the molecule is CC/C=C\C/C=C\C/C=C\C/C=C\C/C=C\CCCC(=O)OC(COC(=O)CCCCCC/C=C\C/C=C\C/C=C\C/C=C\CC)COC(=O)CCCCCCCC/C=C\C/C=C\C/C=C\C/C=C\CC. The van der Waals surface area contributed by atoms with E-state index in [4.69, 9.17) is 14.2 Å². The van der Waals surface area contributed by atoms with E-state index in [-0.39, 0.29) is 37.5 Å². The van der Waals surface area contributed by atoms with E-state index in [0.717, 1.165) is 154 Å². The summed E-state index contributed by atoms with van der Waals surface area (Å²) in [4.78, 5) is 38.2. The second-order valence-corrected chi connectivity index (χ2v) is 17.7. The van der Waals surface area contributed by atoms with Crippen LogP contribution in [-0.4, -0.2) is 37.2 Å². The molecule has 1 atom stereocenters. The summed E-state index contributed by atoms with van der Waals surface area (Å²) in [6.45, 7) is 6.20. The molecule has 0 aromatic carbocycles. The second-order valence-electron chi connectivity index (χ2n) is 17.7. The highest BCUT2D eigenvalue weighted by molar-refractivity contribution is 5.71. The Morgan fingerprint density at radius 1 is 0.282 bits per heavy atom. The van der Waals surface area contributed by atoms with Crippen molar-refractivity contribution in [3.63, 3.8) is 0 Å². The third kappa shape index (κ3) is 55.8. The standard InChI is InChI=1S/C65H100O6/c1-4-7-10-13-16-19-22-25-28-31-32-35-37-40-43-46-49-52-55-58-64(67)70-61-62(71-65(68)59-56-53-50-47-44-41-38-34-30-27-24-21-18-15-12-9-6-3)60-69-63(66)57-54-51-48-45-42-39-36-33-29-26-23-20-17-14-11-8-5-2/h7-12,16-21,25-30,32,35-36,38-39,41,47,50,62H,4-6,13-15,22-24,31,33-34,37,40,42-46,48-49,51-61H2,1-3H3/b10-7-,11-8-,12-9-,19-16-,20-17-,21-18-,28-25-,29-26-,30-27-,35-32-,39-36-,41-38-,50-47-. The third-order valence-corrected chi connectivity index (χ3v) is 11.0. The van der Waals surface area contributed by atoms with Gasteiger partial charge in [0.25, 0.3) is 0 Å². The number of carbonyl (C=O) groups is 3. The lowest BCUT2D eigenvalue weighted by atomic mass is 10.1. The minimum atomic E-state index is -0.833. The molecule has 0 aliphatic carbocycles. The normalized spacial score (nSPS) is 13.3. The molecular weight excluding hydrogens is 877 g/mol. The van der Waals surface area contributed by atoms with Crippen LogP contribution in [0.1, 0.15) is 213 Å². The van der Waals surface area contributed by atoms with Gasteiger partial charge < -0.3 is 14.2 Å². The number of ether oxygens (including phenoxy) is 3. The summed E-state index contributed by atoms with van der Waals surface area (Å²) in [5, 5.41) is 0. The molecule has 71 heavy (non-hydrogen) atoms. The van der Waals surface area contributed by atoms with Crippen LogP contribution in [0.3, 0.4) is 0 Å². The highest BCUT2D eigenvalue weighted by atomic mass is 16.6. The van der Waals surface area contributed by atoms with Crippen LogP contribution < -0.4 is 0 Å². The molecule has 0 aliphatic rings. The van der Waals surface area contributed by atoms with Crippen molar-refractivity contribution in [3.8, 4) is 0 Å². The number of hydrogen-bond donors (Lipinski definition) is 0. The smallest absolute Gasteiger partial charge is 0.306 e. The molecule has 1 unspecified atom stereocenters. The molecule has 396 valence electrons. The first-order chi connectivity index (χ1) is 35.0. The molecule has 6 heteroatoms. The van der Waals surface area contributed by atoms with Gasteiger partial charge in [0.2, 0.25) is 0 Å². The summed E-state index contributed by atoms with van der Waals surface area (Å²) in [5.41, 5.74) is 0. The lowest BCUT2D eigenvalue weighted by Crippen LogP contribution is -2.30. The van der Waals surface area contributed by atoms with E-state index in [1.165, 1.54) is 12.8 Å². The van der Waals surface area contributed by atoms with E-state index in [1.807, 2.05) is 0 Å². The number of esters is 3. The van der Waals surface area contributed by atoms with Gasteiger partial charge in [-0.1, -0.05) is 217 Å². The molecule has 0 aromatic rings. The molecule has 0 heterocycles. The van der Waals surface area contributed by atoms with Crippen molar-refractivity contribution >= 4 is 17.9 Å². The molecule has 0 amide bonds. The molecule has 0 bridgehead atoms. The third-order valence-electron chi connectivity index (χ3n) is 11.0. The summed E-state index contributed by atoms with van der Waals surface area (Å²) in [6.07, 6.45) is 83.7. The average Bonchev–Trinajstić information content (AvgIpc) is 3.37. The van der Waals surface area contributed by atoms with Gasteiger partial charge in [-0.15, -0.1) is 0 Å². The fourth-order valence-electron chi connectivity index (χ4n) is 6.93. The van der Waals surface area contributed by atoms with E-state index >= 15 is 0 Å². The van der Waals surface area contributed by atoms with E-state index in [9.17, 15) is 14.4 Å². The lowest BCUT2D eigenvalue weighted by molar-refractivity contribution is -0.167. The zero-order valence-corrected chi connectivity index (χ0v) is 45.2. The zero-order valence-electron chi connectivity index (χ0n) is 45.2. The summed E-state index contributed by atoms with van der Waals surface area (Å²) in [5.74, 6) is -1.03. The van der Waals surface area contributed by atoms with Gasteiger partial charge in [-0.05, 0) is 135 Å². The summed E-state index contributed by atoms with van der Waals surface area (Å²) in [7, 11) is 0. The van der Waals surface area contributed by atoms with Crippen molar-refractivity contribution in [2.45, 2.75) is 219 Å². The van der Waals surface area contributed by atoms with Crippen LogP contribution >= 0.6 is 0 Å². The maximum absolute atomic E-state index is 12.8. The molecular formula is C65H100O6. The van der Waals surface area contributed by atoms with Gasteiger partial charge in [-0.25, -0.2) is 0 Å². The predicted molar refractivity (Wildman–Crippen MR) is 306 cm³/mol. The fraction of sp³-hybridized carbons (Fsp3) is 0.554. The van der Waals surface area contributed by atoms with Crippen LogP contribution in [0.15, 0.2) is 158 Å². The Morgan fingerprint density at radius 3 is 0.831 bits per heavy atom. The summed E-state index contributed by atoms with van der Waals surface area (Å²) in [6, 6.07) is 0. The number of hydrogen-bond acceptors (Lipinski definition) is 6. The van der Waals surface area contributed by atoms with Gasteiger partial charge in [-0.3, -0.25) is 14.4 Å². The van der Waals surface area contributed by atoms with Crippen molar-refractivity contribution in [1.82, 2.24) is 0 Å². The van der Waals surface area contributed by atoms with Crippen LogP contribution in [0.25, 0.3) is 0 Å². The van der Waals surface area contributed by atoms with Crippen molar-refractivity contribution in [3.05, 3.63) is 158 Å². The first-order valence-electron chi connectivity index (χ1n) is 28.0. The summed E-state index contributed by atoms with van der Waals surface area (Å²) < 4.78 is 16.8. The molecule has 0 radical (unpaired) electrons. The van der Waals surface area contributed by atoms with Crippen LogP contribution in [0.2, 0.25) is 0 Å². The highest BCUT2D eigenvalue weighted by Gasteiger charge is 2.19. The molecule has 0 fully saturated rings. The van der Waals surface area contributed by atoms with Gasteiger partial charge in [0.15, 0.2) is 6.10 Å². The Kier molecular flexibility index (Phi) is 53.6. The van der Waals surface area contributed by atoms with E-state index in [1.54, 1.807) is 0 Å². The molecule has 0 aromatic heterocycles. The minimum Gasteiger partial charge on any atom is -0.462 e. The Labute approximate surface area is 435 Å². The molecule has 0 N–H and O–H groups in total. The van der Waals surface area contributed by atoms with Crippen LogP contribution in [-0.2, 0) is 28.6 Å². The number of rotatable bonds is 48. The Balaban J connectivity index is 4.58. The van der Waals surface area contributed by atoms with Crippen LogP contribution in [0.4, 0.5) is 0 Å². The van der Waals surface area contributed by atoms with Crippen molar-refractivity contribution in [1.29, 1.82) is 0 Å². The van der Waals surface area contributed by atoms with Gasteiger partial charge in [0.05, 0.1) is 0 Å². The predicted octanol–water partition coefficient (Wildman–Crippen LogP) is 19.0. The van der Waals surface area contributed by atoms with Crippen LogP contribution in [0, 0.1) is 0 Å². The Bertz CT molecular complexity index is 1640. The number of unbranched alkanes of at least 4 members (excludes halogenated alkanes) is 11. The average molecular weight is 978 g/mol. The molecule has 0 spiro atoms. The molecule has 0 aliphatic heterocycles. The fourth-order valence-corrected chi connectivity index (χ4v) is 6.93. The maximum Gasteiger partial charge on any atom is 0.306 e. The molecule has 0 saturated carbocycles. The lowest BCUT2D eigenvalue weighted by Gasteiger charge is -2.18. The quantitative estimate of drug-likeness (QED) is 0.0262. The molecule has 0 rings (SSSR count). The van der Waals surface area contributed by atoms with Gasteiger partial charge in [0, 0.05) is 19.3 Å². The molecule has 0 saturated heterocycles. The number of allylic oxidation sites excluding steroid dienone is 26. The monoisotopic (exact) mass is 977 g/mol. The molecule has 6 nitrogen and oxygen atoms in total. The Hall–Kier alpha value is -4.97. The first-order valence-corrected chi connectivity index (χ1v) is 28.0. The van der Waals surface area contributed by atoms with E-state index in [0.29, 0.717) is 19.3 Å². The second kappa shape index (κ2) is 57.6. The zero-order chi connectivity index (χ0) is 51.4. The van der Waals surface area contributed by atoms with E-state index in [2.05, 4.69) is 179 Å². The first kappa shape index (κ1) is 66.0. The van der Waals surface area contributed by atoms with Gasteiger partial charge in [0.1, 0.15) is 13.2 Å². The largest absolute Gasteiger partial charge is 0.462 e. The van der Waals surface area contributed by atoms with Gasteiger partial charge >= 0.3 is 17.9 Å². The van der Waals surface area contributed by atoms with Crippen molar-refractivity contribution in [2.24, 2.45) is 0 Å².